The van der Waals surface area contributed by atoms with Crippen LogP contribution in [-0.2, 0) is 0 Å². The number of fused-ring (bicyclic) bond motifs is 5. The zero-order chi connectivity index (χ0) is 34.0. The Morgan fingerprint density at radius 2 is 0.686 bits per heavy atom. The van der Waals surface area contributed by atoms with E-state index in [0.717, 1.165) is 11.3 Å². The normalized spacial score (nSPS) is 11.5. The van der Waals surface area contributed by atoms with Gasteiger partial charge >= 0.3 is 0 Å². The molecule has 0 aromatic heterocycles. The molecular weight excluding hydrogens is 615 g/mol. The minimum atomic E-state index is 1.13. The number of para-hydroxylation sites is 2. The molecule has 51 heavy (non-hydrogen) atoms. The Balaban J connectivity index is 1.13. The minimum Gasteiger partial charge on any atom is -0.309 e. The van der Waals surface area contributed by atoms with Crippen molar-refractivity contribution in [3.05, 3.63) is 223 Å². The van der Waals surface area contributed by atoms with Crippen molar-refractivity contribution in [2.45, 2.75) is 0 Å². The van der Waals surface area contributed by atoms with Crippen molar-refractivity contribution < 1.29 is 0 Å². The summed E-state index contributed by atoms with van der Waals surface area (Å²) < 4.78 is 0. The summed E-state index contributed by atoms with van der Waals surface area (Å²) in [6.45, 7) is 0. The van der Waals surface area contributed by atoms with Gasteiger partial charge in [0.15, 0.2) is 0 Å². The SMILES string of the molecule is C(=C(c1ccc(-c2ccccc2)cc1)c1ccc(-c2ccccc2)cc1)c1ccc(N2c3ccccc3-c3ccccc3-c3ccccc32)cc1. The van der Waals surface area contributed by atoms with Gasteiger partial charge in [0.1, 0.15) is 0 Å². The molecule has 0 radical (unpaired) electrons. The summed E-state index contributed by atoms with van der Waals surface area (Å²) in [6.07, 6.45) is 2.32. The summed E-state index contributed by atoms with van der Waals surface area (Å²) in [5, 5.41) is 0. The average Bonchev–Trinajstić information content (AvgIpc) is 3.34. The number of hydrogen-bond acceptors (Lipinski definition) is 1. The monoisotopic (exact) mass is 649 g/mol. The Labute approximate surface area is 300 Å². The van der Waals surface area contributed by atoms with Crippen molar-refractivity contribution in [2.75, 3.05) is 4.90 Å². The van der Waals surface area contributed by atoms with E-state index in [4.69, 9.17) is 0 Å². The summed E-state index contributed by atoms with van der Waals surface area (Å²) in [7, 11) is 0. The van der Waals surface area contributed by atoms with Crippen LogP contribution in [0.15, 0.2) is 206 Å². The first-order valence-corrected chi connectivity index (χ1v) is 17.5. The number of rotatable bonds is 6. The summed E-state index contributed by atoms with van der Waals surface area (Å²) in [6, 6.07) is 74.3. The third-order valence-electron chi connectivity index (χ3n) is 9.87. The van der Waals surface area contributed by atoms with Gasteiger partial charge in [-0.2, -0.15) is 0 Å². The minimum absolute atomic E-state index is 1.13. The van der Waals surface area contributed by atoms with Crippen LogP contribution in [0.5, 0.6) is 0 Å². The second kappa shape index (κ2) is 13.3. The third-order valence-corrected chi connectivity index (χ3v) is 9.87. The second-order valence-corrected chi connectivity index (χ2v) is 13.0. The van der Waals surface area contributed by atoms with Crippen LogP contribution in [-0.4, -0.2) is 0 Å². The molecule has 9 rings (SSSR count). The first kappa shape index (κ1) is 30.4. The molecule has 0 spiro atoms. The van der Waals surface area contributed by atoms with E-state index in [1.165, 1.54) is 72.6 Å². The molecule has 240 valence electrons. The first-order valence-electron chi connectivity index (χ1n) is 17.5. The molecule has 8 aromatic carbocycles. The van der Waals surface area contributed by atoms with Gasteiger partial charge in [0, 0.05) is 16.8 Å². The molecule has 0 aliphatic carbocycles. The lowest BCUT2D eigenvalue weighted by molar-refractivity contribution is 1.29. The van der Waals surface area contributed by atoms with Gasteiger partial charge in [-0.15, -0.1) is 0 Å². The molecule has 0 N–H and O–H groups in total. The summed E-state index contributed by atoms with van der Waals surface area (Å²) >= 11 is 0. The van der Waals surface area contributed by atoms with E-state index in [-0.39, 0.29) is 0 Å². The van der Waals surface area contributed by atoms with Gasteiger partial charge in [-0.25, -0.2) is 0 Å². The Morgan fingerprint density at radius 1 is 0.314 bits per heavy atom. The lowest BCUT2D eigenvalue weighted by atomic mass is 9.92. The van der Waals surface area contributed by atoms with E-state index in [1.54, 1.807) is 0 Å². The Bertz CT molecular complexity index is 2320. The number of nitrogens with zero attached hydrogens (tertiary/aromatic N) is 1. The maximum atomic E-state index is 2.41. The molecule has 0 saturated carbocycles. The van der Waals surface area contributed by atoms with Crippen LogP contribution in [0.2, 0.25) is 0 Å². The third kappa shape index (κ3) is 5.86. The molecule has 0 bridgehead atoms. The maximum absolute atomic E-state index is 2.41. The highest BCUT2D eigenvalue weighted by molar-refractivity contribution is 6.02. The van der Waals surface area contributed by atoms with E-state index in [9.17, 15) is 0 Å². The van der Waals surface area contributed by atoms with Crippen LogP contribution in [0.4, 0.5) is 17.1 Å². The zero-order valence-corrected chi connectivity index (χ0v) is 28.2. The number of benzene rings is 8. The van der Waals surface area contributed by atoms with Crippen molar-refractivity contribution in [3.8, 4) is 44.5 Å². The quantitative estimate of drug-likeness (QED) is 0.162. The standard InChI is InChI=1S/C50H35N/c1-3-13-37(14-4-1)39-25-29-41(30-26-39)48(42-31-27-40(28-32-42)38-15-5-2-6-16-38)35-36-23-33-43(34-24-36)51-49-21-11-9-19-46(49)44-17-7-8-18-45(44)47-20-10-12-22-50(47)51/h1-35H. The van der Waals surface area contributed by atoms with E-state index in [2.05, 4.69) is 217 Å². The average molecular weight is 650 g/mol. The van der Waals surface area contributed by atoms with Crippen LogP contribution < -0.4 is 4.90 Å². The number of anilines is 3. The highest BCUT2D eigenvalue weighted by Crippen LogP contribution is 2.50. The van der Waals surface area contributed by atoms with Crippen molar-refractivity contribution in [1.29, 1.82) is 0 Å². The van der Waals surface area contributed by atoms with Crippen molar-refractivity contribution in [2.24, 2.45) is 0 Å². The highest BCUT2D eigenvalue weighted by Gasteiger charge is 2.25. The summed E-state index contributed by atoms with van der Waals surface area (Å²) in [5.74, 6) is 0. The smallest absolute Gasteiger partial charge is 0.0540 e. The molecular formula is C50H35N. The van der Waals surface area contributed by atoms with Crippen LogP contribution in [0.3, 0.4) is 0 Å². The largest absolute Gasteiger partial charge is 0.309 e. The summed E-state index contributed by atoms with van der Waals surface area (Å²) in [5.41, 5.74) is 18.0. The molecule has 1 heterocycles. The van der Waals surface area contributed by atoms with Crippen molar-refractivity contribution >= 4 is 28.7 Å². The topological polar surface area (TPSA) is 3.24 Å². The fraction of sp³-hybridized carbons (Fsp3) is 0. The van der Waals surface area contributed by atoms with E-state index < -0.39 is 0 Å². The van der Waals surface area contributed by atoms with Gasteiger partial charge in [0.2, 0.25) is 0 Å². The zero-order valence-electron chi connectivity index (χ0n) is 28.2. The van der Waals surface area contributed by atoms with Crippen LogP contribution >= 0.6 is 0 Å². The molecule has 1 nitrogen and oxygen atoms in total. The van der Waals surface area contributed by atoms with Crippen LogP contribution in [0.25, 0.3) is 56.2 Å². The molecule has 0 unspecified atom stereocenters. The fourth-order valence-electron chi connectivity index (χ4n) is 7.32. The Kier molecular flexibility index (Phi) is 7.92. The van der Waals surface area contributed by atoms with Gasteiger partial charge < -0.3 is 4.90 Å². The number of hydrogen-bond donors (Lipinski definition) is 0. The van der Waals surface area contributed by atoms with Crippen LogP contribution in [0, 0.1) is 0 Å². The Hall–Kier alpha value is -6.70. The van der Waals surface area contributed by atoms with E-state index in [1.807, 2.05) is 0 Å². The molecule has 1 aliphatic rings. The van der Waals surface area contributed by atoms with Crippen molar-refractivity contribution in [1.82, 2.24) is 0 Å². The highest BCUT2D eigenvalue weighted by atomic mass is 15.1. The van der Waals surface area contributed by atoms with Gasteiger partial charge in [-0.1, -0.05) is 182 Å². The lowest BCUT2D eigenvalue weighted by Crippen LogP contribution is -2.10. The molecule has 8 aromatic rings. The molecule has 0 fully saturated rings. The van der Waals surface area contributed by atoms with E-state index in [0.29, 0.717) is 0 Å². The maximum Gasteiger partial charge on any atom is 0.0540 e. The van der Waals surface area contributed by atoms with Gasteiger partial charge in [-0.3, -0.25) is 0 Å². The molecule has 1 heteroatoms. The predicted octanol–water partition coefficient (Wildman–Crippen LogP) is 13.7. The first-order chi connectivity index (χ1) is 25.3. The van der Waals surface area contributed by atoms with Crippen molar-refractivity contribution in [3.63, 3.8) is 0 Å². The molecule has 0 saturated heterocycles. The molecule has 0 atom stereocenters. The lowest BCUT2D eigenvalue weighted by Gasteiger charge is -2.27. The second-order valence-electron chi connectivity index (χ2n) is 13.0. The molecule has 1 aliphatic heterocycles. The van der Waals surface area contributed by atoms with Gasteiger partial charge in [0.25, 0.3) is 0 Å². The van der Waals surface area contributed by atoms with Crippen LogP contribution in [0.1, 0.15) is 16.7 Å². The Morgan fingerprint density at radius 3 is 1.14 bits per heavy atom. The van der Waals surface area contributed by atoms with E-state index >= 15 is 0 Å². The molecule has 0 amide bonds. The van der Waals surface area contributed by atoms with Gasteiger partial charge in [0.05, 0.1) is 11.4 Å². The fourth-order valence-corrected chi connectivity index (χ4v) is 7.32. The predicted molar refractivity (Wildman–Crippen MR) is 216 cm³/mol. The summed E-state index contributed by atoms with van der Waals surface area (Å²) in [4.78, 5) is 2.41. The van der Waals surface area contributed by atoms with Gasteiger partial charge in [-0.05, 0) is 86.0 Å².